The molecule has 2 aromatic rings. The Labute approximate surface area is 126 Å². The number of rotatable bonds is 4. The summed E-state index contributed by atoms with van der Waals surface area (Å²) >= 11 is 3.46. The third-order valence-electron chi connectivity index (χ3n) is 2.99. The van der Waals surface area contributed by atoms with Crippen molar-refractivity contribution < 1.29 is 4.79 Å². The molecule has 0 aliphatic heterocycles. The minimum atomic E-state index is -0.0718. The average molecular weight is 337 g/mol. The van der Waals surface area contributed by atoms with Crippen molar-refractivity contribution >= 4 is 27.5 Å². The van der Waals surface area contributed by atoms with E-state index in [-0.39, 0.29) is 11.9 Å². The first-order chi connectivity index (χ1) is 9.56. The van der Waals surface area contributed by atoms with Gasteiger partial charge in [-0.2, -0.15) is 5.10 Å². The standard InChI is InChI=1S/C14H17BrN4O/c1-4-18(11-5-7-16-8-6-11)14(20)12-9-17-19(10(2)3)13(12)15/h5-10H,4H2,1-3H3. The molecule has 0 aromatic carbocycles. The van der Waals surface area contributed by atoms with E-state index in [1.165, 1.54) is 0 Å². The number of halogens is 1. The summed E-state index contributed by atoms with van der Waals surface area (Å²) in [6.07, 6.45) is 4.96. The van der Waals surface area contributed by atoms with Crippen LogP contribution in [0.3, 0.4) is 0 Å². The van der Waals surface area contributed by atoms with E-state index < -0.39 is 0 Å². The van der Waals surface area contributed by atoms with E-state index >= 15 is 0 Å². The van der Waals surface area contributed by atoms with Crippen molar-refractivity contribution in [1.29, 1.82) is 0 Å². The molecule has 2 rings (SSSR count). The lowest BCUT2D eigenvalue weighted by Crippen LogP contribution is -2.30. The number of nitrogens with zero attached hydrogens (tertiary/aromatic N) is 4. The fourth-order valence-electron chi connectivity index (χ4n) is 1.96. The number of anilines is 1. The molecule has 0 atom stereocenters. The van der Waals surface area contributed by atoms with Crippen LogP contribution in [0.25, 0.3) is 0 Å². The molecule has 0 saturated heterocycles. The number of aromatic nitrogens is 3. The summed E-state index contributed by atoms with van der Waals surface area (Å²) in [6, 6.07) is 3.84. The van der Waals surface area contributed by atoms with Crippen LogP contribution >= 0.6 is 15.9 Å². The molecule has 6 heteroatoms. The van der Waals surface area contributed by atoms with E-state index in [1.54, 1.807) is 28.2 Å². The smallest absolute Gasteiger partial charge is 0.262 e. The summed E-state index contributed by atoms with van der Waals surface area (Å²) in [5.74, 6) is -0.0718. The second-order valence-corrected chi connectivity index (χ2v) is 5.39. The van der Waals surface area contributed by atoms with Gasteiger partial charge in [0.2, 0.25) is 0 Å². The average Bonchev–Trinajstić information content (AvgIpc) is 2.82. The molecule has 0 spiro atoms. The van der Waals surface area contributed by atoms with Crippen molar-refractivity contribution in [3.8, 4) is 0 Å². The molecule has 20 heavy (non-hydrogen) atoms. The van der Waals surface area contributed by atoms with E-state index in [0.717, 1.165) is 5.69 Å². The van der Waals surface area contributed by atoms with Crippen LogP contribution in [-0.4, -0.2) is 27.2 Å². The Kier molecular flexibility index (Phi) is 4.54. The van der Waals surface area contributed by atoms with Gasteiger partial charge in [0.15, 0.2) is 0 Å². The monoisotopic (exact) mass is 336 g/mol. The number of pyridine rings is 1. The lowest BCUT2D eigenvalue weighted by molar-refractivity contribution is 0.0987. The predicted molar refractivity (Wildman–Crippen MR) is 81.9 cm³/mol. The first-order valence-corrected chi connectivity index (χ1v) is 7.30. The molecule has 106 valence electrons. The Morgan fingerprint density at radius 1 is 1.40 bits per heavy atom. The SMILES string of the molecule is CCN(C(=O)c1cnn(C(C)C)c1Br)c1ccncc1. The topological polar surface area (TPSA) is 51.0 Å². The molecule has 2 aromatic heterocycles. The molecule has 1 amide bonds. The number of carbonyl (C=O) groups excluding carboxylic acids is 1. The minimum Gasteiger partial charge on any atom is -0.308 e. The Morgan fingerprint density at radius 2 is 2.05 bits per heavy atom. The quantitative estimate of drug-likeness (QED) is 0.860. The van der Waals surface area contributed by atoms with Crippen molar-refractivity contribution in [3.63, 3.8) is 0 Å². The first kappa shape index (κ1) is 14.7. The van der Waals surface area contributed by atoms with Gasteiger partial charge < -0.3 is 4.90 Å². The maximum Gasteiger partial charge on any atom is 0.262 e. The molecule has 0 aliphatic carbocycles. The van der Waals surface area contributed by atoms with Crippen LogP contribution in [0.4, 0.5) is 5.69 Å². The number of hydrogen-bond donors (Lipinski definition) is 0. The van der Waals surface area contributed by atoms with E-state index in [2.05, 4.69) is 26.0 Å². The van der Waals surface area contributed by atoms with Gasteiger partial charge in [0, 0.05) is 30.7 Å². The molecular weight excluding hydrogens is 320 g/mol. The van der Waals surface area contributed by atoms with Gasteiger partial charge in [0.1, 0.15) is 4.60 Å². The molecule has 5 nitrogen and oxygen atoms in total. The van der Waals surface area contributed by atoms with Gasteiger partial charge in [-0.15, -0.1) is 0 Å². The van der Waals surface area contributed by atoms with E-state index in [1.807, 2.05) is 32.9 Å². The Hall–Kier alpha value is -1.69. The van der Waals surface area contributed by atoms with Crippen molar-refractivity contribution in [2.75, 3.05) is 11.4 Å². The van der Waals surface area contributed by atoms with Gasteiger partial charge in [-0.1, -0.05) is 0 Å². The molecule has 0 unspecified atom stereocenters. The fourth-order valence-corrected chi connectivity index (χ4v) is 2.74. The Morgan fingerprint density at radius 3 is 2.55 bits per heavy atom. The number of hydrogen-bond acceptors (Lipinski definition) is 3. The van der Waals surface area contributed by atoms with Crippen LogP contribution in [0.2, 0.25) is 0 Å². The molecule has 2 heterocycles. The van der Waals surface area contributed by atoms with E-state index in [0.29, 0.717) is 16.7 Å². The van der Waals surface area contributed by atoms with Crippen molar-refractivity contribution in [2.24, 2.45) is 0 Å². The summed E-state index contributed by atoms with van der Waals surface area (Å²) < 4.78 is 2.50. The highest BCUT2D eigenvalue weighted by Gasteiger charge is 2.22. The van der Waals surface area contributed by atoms with Crippen LogP contribution in [0.15, 0.2) is 35.3 Å². The normalized spacial score (nSPS) is 10.8. The second-order valence-electron chi connectivity index (χ2n) is 4.64. The molecule has 0 radical (unpaired) electrons. The molecule has 0 bridgehead atoms. The van der Waals surface area contributed by atoms with Gasteiger partial charge >= 0.3 is 0 Å². The Bertz CT molecular complexity index is 594. The molecular formula is C14H17BrN4O. The molecule has 0 aliphatic rings. The zero-order valence-corrected chi connectivity index (χ0v) is 13.3. The summed E-state index contributed by atoms with van der Waals surface area (Å²) in [5, 5.41) is 4.26. The summed E-state index contributed by atoms with van der Waals surface area (Å²) in [5.41, 5.74) is 1.40. The van der Waals surface area contributed by atoms with Crippen molar-refractivity contribution in [3.05, 3.63) is 40.9 Å². The summed E-state index contributed by atoms with van der Waals surface area (Å²) in [7, 11) is 0. The van der Waals surface area contributed by atoms with Gasteiger partial charge in [0.05, 0.1) is 11.8 Å². The highest BCUT2D eigenvalue weighted by atomic mass is 79.9. The fraction of sp³-hybridized carbons (Fsp3) is 0.357. The Balaban J connectivity index is 2.35. The first-order valence-electron chi connectivity index (χ1n) is 6.51. The minimum absolute atomic E-state index is 0.0718. The zero-order valence-electron chi connectivity index (χ0n) is 11.7. The van der Waals surface area contributed by atoms with E-state index in [4.69, 9.17) is 0 Å². The van der Waals surface area contributed by atoms with Crippen LogP contribution < -0.4 is 4.90 Å². The highest BCUT2D eigenvalue weighted by molar-refractivity contribution is 9.10. The second kappa shape index (κ2) is 6.17. The van der Waals surface area contributed by atoms with E-state index in [9.17, 15) is 4.79 Å². The third kappa shape index (κ3) is 2.75. The van der Waals surface area contributed by atoms with Crippen LogP contribution in [0.1, 0.15) is 37.2 Å². The number of carbonyl (C=O) groups is 1. The van der Waals surface area contributed by atoms with Crippen LogP contribution in [-0.2, 0) is 0 Å². The van der Waals surface area contributed by atoms with Crippen molar-refractivity contribution in [2.45, 2.75) is 26.8 Å². The zero-order chi connectivity index (χ0) is 14.7. The molecule has 0 N–H and O–H groups in total. The van der Waals surface area contributed by atoms with Crippen molar-refractivity contribution in [1.82, 2.24) is 14.8 Å². The summed E-state index contributed by atoms with van der Waals surface area (Å²) in [6.45, 7) is 6.57. The molecule has 0 fully saturated rings. The lowest BCUT2D eigenvalue weighted by Gasteiger charge is -2.20. The third-order valence-corrected chi connectivity index (χ3v) is 3.78. The summed E-state index contributed by atoms with van der Waals surface area (Å²) in [4.78, 5) is 18.3. The van der Waals surface area contributed by atoms with Gasteiger partial charge in [0.25, 0.3) is 5.91 Å². The van der Waals surface area contributed by atoms with Crippen LogP contribution in [0, 0.1) is 0 Å². The largest absolute Gasteiger partial charge is 0.308 e. The van der Waals surface area contributed by atoms with Crippen LogP contribution in [0.5, 0.6) is 0 Å². The maximum absolute atomic E-state index is 12.7. The predicted octanol–water partition coefficient (Wildman–Crippen LogP) is 3.29. The van der Waals surface area contributed by atoms with Gasteiger partial charge in [-0.3, -0.25) is 14.5 Å². The van der Waals surface area contributed by atoms with Gasteiger partial charge in [-0.05, 0) is 48.8 Å². The van der Waals surface area contributed by atoms with Gasteiger partial charge in [-0.25, -0.2) is 0 Å². The molecule has 0 saturated carbocycles. The lowest BCUT2D eigenvalue weighted by atomic mass is 10.2. The maximum atomic E-state index is 12.7. The number of amides is 1. The highest BCUT2D eigenvalue weighted by Crippen LogP contribution is 2.24.